The van der Waals surface area contributed by atoms with Gasteiger partial charge in [-0.2, -0.15) is 13.2 Å². The predicted molar refractivity (Wildman–Crippen MR) is 117 cm³/mol. The first-order valence-electron chi connectivity index (χ1n) is 11.2. The SMILES string of the molecule is CC(C)N/C(=C\C(=N)c1cnc(N)c(C(F)(F)F)c1)[C@H]1[C@@H]2CC(N3CCOCC3)CC21C. The quantitative estimate of drug-likeness (QED) is 0.575. The van der Waals surface area contributed by atoms with Crippen LogP contribution < -0.4 is 11.1 Å². The fraction of sp³-hybridized carbons (Fsp3) is 0.652. The van der Waals surface area contributed by atoms with E-state index in [1.807, 2.05) is 13.8 Å². The van der Waals surface area contributed by atoms with Crippen molar-refractivity contribution in [2.24, 2.45) is 17.3 Å². The molecule has 1 aromatic rings. The molecule has 9 heteroatoms. The highest BCUT2D eigenvalue weighted by Crippen LogP contribution is 2.70. The van der Waals surface area contributed by atoms with E-state index in [1.165, 1.54) is 6.20 Å². The van der Waals surface area contributed by atoms with Crippen LogP contribution in [0.1, 0.15) is 44.7 Å². The third kappa shape index (κ3) is 4.37. The van der Waals surface area contributed by atoms with E-state index >= 15 is 0 Å². The first-order chi connectivity index (χ1) is 15.0. The Morgan fingerprint density at radius 1 is 1.38 bits per heavy atom. The summed E-state index contributed by atoms with van der Waals surface area (Å²) in [7, 11) is 0. The number of aromatic nitrogens is 1. The average Bonchev–Trinajstić information content (AvgIpc) is 3.12. The second-order valence-electron chi connectivity index (χ2n) is 9.80. The number of morpholine rings is 1. The van der Waals surface area contributed by atoms with Gasteiger partial charge >= 0.3 is 6.18 Å². The Morgan fingerprint density at radius 2 is 2.06 bits per heavy atom. The Kier molecular flexibility index (Phi) is 6.00. The van der Waals surface area contributed by atoms with Gasteiger partial charge in [0, 0.05) is 48.5 Å². The summed E-state index contributed by atoms with van der Waals surface area (Å²) in [6.07, 6.45) is 0.513. The van der Waals surface area contributed by atoms with Crippen LogP contribution in [0.25, 0.3) is 0 Å². The number of halogens is 3. The normalized spacial score (nSPS) is 31.0. The first-order valence-corrected chi connectivity index (χ1v) is 11.2. The summed E-state index contributed by atoms with van der Waals surface area (Å²) in [4.78, 5) is 6.21. The summed E-state index contributed by atoms with van der Waals surface area (Å²) in [5.74, 6) is 0.222. The Balaban J connectivity index is 1.53. The molecule has 0 spiro atoms. The molecule has 3 fully saturated rings. The van der Waals surface area contributed by atoms with Crippen LogP contribution in [0.4, 0.5) is 19.0 Å². The molecule has 176 valence electrons. The smallest absolute Gasteiger partial charge is 0.386 e. The molecule has 3 aliphatic rings. The van der Waals surface area contributed by atoms with Gasteiger partial charge in [0.05, 0.1) is 24.5 Å². The van der Waals surface area contributed by atoms with Gasteiger partial charge in [0.2, 0.25) is 0 Å². The van der Waals surface area contributed by atoms with Gasteiger partial charge < -0.3 is 21.2 Å². The second-order valence-corrected chi connectivity index (χ2v) is 9.80. The van der Waals surface area contributed by atoms with E-state index in [0.29, 0.717) is 12.0 Å². The lowest BCUT2D eigenvalue weighted by Crippen LogP contribution is -2.43. The molecule has 0 bridgehead atoms. The van der Waals surface area contributed by atoms with Crippen LogP contribution in [0.15, 0.2) is 24.0 Å². The van der Waals surface area contributed by atoms with Crippen LogP contribution in [0.5, 0.6) is 0 Å². The number of alkyl halides is 3. The summed E-state index contributed by atoms with van der Waals surface area (Å²) in [5.41, 5.74) is 5.60. The molecule has 2 heterocycles. The largest absolute Gasteiger partial charge is 0.419 e. The second kappa shape index (κ2) is 8.33. The van der Waals surface area contributed by atoms with Crippen LogP contribution in [-0.2, 0) is 10.9 Å². The van der Waals surface area contributed by atoms with Crippen molar-refractivity contribution < 1.29 is 17.9 Å². The van der Waals surface area contributed by atoms with Crippen molar-refractivity contribution >= 4 is 11.5 Å². The zero-order chi connectivity index (χ0) is 23.3. The number of fused-ring (bicyclic) bond motifs is 1. The summed E-state index contributed by atoms with van der Waals surface area (Å²) >= 11 is 0. The molecular formula is C23H32F3N5O. The predicted octanol–water partition coefficient (Wildman–Crippen LogP) is 3.68. The third-order valence-corrected chi connectivity index (χ3v) is 7.24. The van der Waals surface area contributed by atoms with E-state index in [9.17, 15) is 13.2 Å². The van der Waals surface area contributed by atoms with Crippen molar-refractivity contribution in [3.8, 4) is 0 Å². The van der Waals surface area contributed by atoms with Crippen molar-refractivity contribution in [3.05, 3.63) is 35.2 Å². The Bertz CT molecular complexity index is 909. The Labute approximate surface area is 186 Å². The van der Waals surface area contributed by atoms with Gasteiger partial charge in [-0.3, -0.25) is 4.90 Å². The number of nitrogens with zero attached hydrogens (tertiary/aromatic N) is 2. The highest BCUT2D eigenvalue weighted by molar-refractivity contribution is 6.07. The lowest BCUT2D eigenvalue weighted by atomic mass is 9.95. The first kappa shape index (κ1) is 23.0. The number of hydrogen-bond acceptors (Lipinski definition) is 6. The number of allylic oxidation sites excluding steroid dienone is 2. The molecule has 0 radical (unpaired) electrons. The van der Waals surface area contributed by atoms with E-state index in [1.54, 1.807) is 6.08 Å². The van der Waals surface area contributed by atoms with Gasteiger partial charge in [0.1, 0.15) is 5.82 Å². The maximum atomic E-state index is 13.2. The van der Waals surface area contributed by atoms with Gasteiger partial charge in [0.25, 0.3) is 0 Å². The summed E-state index contributed by atoms with van der Waals surface area (Å²) < 4.78 is 45.2. The fourth-order valence-electron chi connectivity index (χ4n) is 5.66. The number of anilines is 1. The van der Waals surface area contributed by atoms with E-state index in [-0.39, 0.29) is 28.6 Å². The maximum Gasteiger partial charge on any atom is 0.419 e. The highest BCUT2D eigenvalue weighted by atomic mass is 19.4. The lowest BCUT2D eigenvalue weighted by Gasteiger charge is -2.34. The Hall–Kier alpha value is -2.13. The van der Waals surface area contributed by atoms with Crippen molar-refractivity contribution in [1.29, 1.82) is 5.41 Å². The average molecular weight is 452 g/mol. The molecule has 1 saturated heterocycles. The number of hydrogen-bond donors (Lipinski definition) is 3. The molecule has 1 aliphatic heterocycles. The molecule has 1 aromatic heterocycles. The molecule has 2 saturated carbocycles. The minimum Gasteiger partial charge on any atom is -0.386 e. The standard InChI is InChI=1S/C23H32F3N5O/c1-13(2)30-19(10-18(27)14-8-17(23(24,25)26)21(28)29-12-14)20-16-9-15(11-22(16,20)3)31-4-6-32-7-5-31/h8,10,12-13,15-16,20,27,30H,4-7,9,11H2,1-3H3,(H2,28,29)/b19-10-,27-18?/t15?,16-,20+,22?/m0/s1. The molecule has 4 atom stereocenters. The fourth-order valence-corrected chi connectivity index (χ4v) is 5.66. The molecule has 4 rings (SSSR count). The number of pyridine rings is 1. The zero-order valence-electron chi connectivity index (χ0n) is 18.8. The van der Waals surface area contributed by atoms with E-state index in [0.717, 1.165) is 50.9 Å². The number of ether oxygens (including phenoxy) is 1. The maximum absolute atomic E-state index is 13.2. The van der Waals surface area contributed by atoms with Crippen LogP contribution in [0.3, 0.4) is 0 Å². The molecule has 6 nitrogen and oxygen atoms in total. The van der Waals surface area contributed by atoms with Crippen molar-refractivity contribution in [1.82, 2.24) is 15.2 Å². The number of nitrogen functional groups attached to an aromatic ring is 1. The summed E-state index contributed by atoms with van der Waals surface area (Å²) in [5, 5.41) is 11.9. The van der Waals surface area contributed by atoms with E-state index < -0.39 is 17.6 Å². The van der Waals surface area contributed by atoms with E-state index in [2.05, 4.69) is 22.1 Å². The van der Waals surface area contributed by atoms with Gasteiger partial charge in [0.15, 0.2) is 0 Å². The minimum atomic E-state index is -4.61. The van der Waals surface area contributed by atoms with Crippen molar-refractivity contribution in [2.45, 2.75) is 51.9 Å². The lowest BCUT2D eigenvalue weighted by molar-refractivity contribution is -0.137. The Morgan fingerprint density at radius 3 is 2.62 bits per heavy atom. The van der Waals surface area contributed by atoms with Gasteiger partial charge in [-0.25, -0.2) is 4.98 Å². The highest BCUT2D eigenvalue weighted by Gasteiger charge is 2.67. The molecule has 0 amide bonds. The van der Waals surface area contributed by atoms with Crippen LogP contribution in [0, 0.1) is 22.7 Å². The van der Waals surface area contributed by atoms with Crippen molar-refractivity contribution in [3.63, 3.8) is 0 Å². The molecule has 0 aromatic carbocycles. The van der Waals surface area contributed by atoms with E-state index in [4.69, 9.17) is 15.9 Å². The number of rotatable bonds is 6. The molecule has 2 unspecified atom stereocenters. The van der Waals surface area contributed by atoms with Gasteiger partial charge in [-0.05, 0) is 50.2 Å². The van der Waals surface area contributed by atoms with Crippen LogP contribution in [0.2, 0.25) is 0 Å². The van der Waals surface area contributed by atoms with Crippen molar-refractivity contribution in [2.75, 3.05) is 32.0 Å². The van der Waals surface area contributed by atoms with Crippen LogP contribution in [-0.4, -0.2) is 54.0 Å². The number of nitrogens with one attached hydrogen (secondary N) is 2. The monoisotopic (exact) mass is 451 g/mol. The van der Waals surface area contributed by atoms with Crippen LogP contribution >= 0.6 is 0 Å². The number of nitrogens with two attached hydrogens (primary N) is 1. The molecular weight excluding hydrogens is 419 g/mol. The topological polar surface area (TPSA) is 87.3 Å². The molecule has 32 heavy (non-hydrogen) atoms. The summed E-state index contributed by atoms with van der Waals surface area (Å²) in [6, 6.07) is 1.63. The minimum absolute atomic E-state index is 0.00412. The summed E-state index contributed by atoms with van der Waals surface area (Å²) in [6.45, 7) is 9.88. The molecule has 4 N–H and O–H groups in total. The van der Waals surface area contributed by atoms with Gasteiger partial charge in [-0.1, -0.05) is 6.92 Å². The molecule has 2 aliphatic carbocycles. The third-order valence-electron chi connectivity index (χ3n) is 7.24. The zero-order valence-corrected chi connectivity index (χ0v) is 18.8. The van der Waals surface area contributed by atoms with Gasteiger partial charge in [-0.15, -0.1) is 0 Å².